The maximum absolute atomic E-state index is 12.0. The van der Waals surface area contributed by atoms with Crippen molar-refractivity contribution in [3.8, 4) is 6.07 Å². The van der Waals surface area contributed by atoms with Crippen molar-refractivity contribution in [2.24, 2.45) is 11.7 Å². The average molecular weight is 344 g/mol. The van der Waals surface area contributed by atoms with Crippen LogP contribution in [-0.2, 0) is 14.4 Å². The van der Waals surface area contributed by atoms with Crippen LogP contribution in [0.4, 0.5) is 0 Å². The molecular weight excluding hydrogens is 320 g/mol. The number of primary amides is 1. The van der Waals surface area contributed by atoms with E-state index in [0.717, 1.165) is 5.56 Å². The molecule has 0 spiro atoms. The number of nitrogens with zero attached hydrogens (tertiary/aromatic N) is 1. The van der Waals surface area contributed by atoms with Crippen LogP contribution in [0, 0.1) is 17.2 Å². The van der Waals surface area contributed by atoms with Crippen LogP contribution >= 0.6 is 0 Å². The van der Waals surface area contributed by atoms with Gasteiger partial charge in [0.05, 0.1) is 12.1 Å². The first kappa shape index (κ1) is 20.2. The Morgan fingerprint density at radius 2 is 1.64 bits per heavy atom. The summed E-state index contributed by atoms with van der Waals surface area (Å²) in [4.78, 5) is 35.3. The summed E-state index contributed by atoms with van der Waals surface area (Å²) in [6.07, 6.45) is 0.0421. The van der Waals surface area contributed by atoms with E-state index in [4.69, 9.17) is 11.0 Å². The number of hydrogen-bond acceptors (Lipinski definition) is 4. The molecular formula is C18H24N4O3. The normalized spacial score (nSPS) is 13.8. The Hall–Kier alpha value is -2.88. The topological polar surface area (TPSA) is 125 Å². The SMILES string of the molecule is C[C@@H](NC(=O)CCC(=O)N[C@@H](C(N)=O)[C@@H](C)CC#N)c1ccccc1. The minimum absolute atomic E-state index is 0.00111. The molecule has 7 nitrogen and oxygen atoms in total. The first-order valence-electron chi connectivity index (χ1n) is 8.15. The van der Waals surface area contributed by atoms with E-state index >= 15 is 0 Å². The second-order valence-electron chi connectivity index (χ2n) is 5.99. The lowest BCUT2D eigenvalue weighted by atomic mass is 9.98. The minimum atomic E-state index is -0.918. The molecule has 0 saturated heterocycles. The summed E-state index contributed by atoms with van der Waals surface area (Å²) in [6.45, 7) is 3.52. The second kappa shape index (κ2) is 10.1. The van der Waals surface area contributed by atoms with Gasteiger partial charge in [0, 0.05) is 19.3 Å². The summed E-state index contributed by atoms with van der Waals surface area (Å²) in [5.41, 5.74) is 6.23. The molecule has 25 heavy (non-hydrogen) atoms. The number of nitrogens with one attached hydrogen (secondary N) is 2. The van der Waals surface area contributed by atoms with Crippen LogP contribution in [0.1, 0.15) is 44.7 Å². The van der Waals surface area contributed by atoms with E-state index in [-0.39, 0.29) is 31.2 Å². The van der Waals surface area contributed by atoms with Crippen LogP contribution in [0.3, 0.4) is 0 Å². The van der Waals surface area contributed by atoms with Gasteiger partial charge in [0.15, 0.2) is 0 Å². The summed E-state index contributed by atoms with van der Waals surface area (Å²) < 4.78 is 0. The van der Waals surface area contributed by atoms with Gasteiger partial charge in [-0.3, -0.25) is 14.4 Å². The monoisotopic (exact) mass is 344 g/mol. The van der Waals surface area contributed by atoms with Crippen molar-refractivity contribution >= 4 is 17.7 Å². The average Bonchev–Trinajstić information content (AvgIpc) is 2.58. The van der Waals surface area contributed by atoms with Gasteiger partial charge in [0.2, 0.25) is 17.7 Å². The predicted molar refractivity (Wildman–Crippen MR) is 92.8 cm³/mol. The first-order chi connectivity index (χ1) is 11.8. The smallest absolute Gasteiger partial charge is 0.240 e. The molecule has 1 aromatic carbocycles. The standard InChI is InChI=1S/C18H24N4O3/c1-12(10-11-19)17(18(20)25)22-16(24)9-8-15(23)21-13(2)14-6-4-3-5-7-14/h3-7,12-13,17H,8-10H2,1-2H3,(H2,20,25)(H,21,23)(H,22,24)/t12-,13+,17+/m0/s1. The molecule has 0 aliphatic heterocycles. The van der Waals surface area contributed by atoms with E-state index in [2.05, 4.69) is 10.6 Å². The van der Waals surface area contributed by atoms with Crippen molar-refractivity contribution in [3.63, 3.8) is 0 Å². The summed E-state index contributed by atoms with van der Waals surface area (Å²) in [6, 6.07) is 10.3. The van der Waals surface area contributed by atoms with E-state index in [1.54, 1.807) is 6.92 Å². The Kier molecular flexibility index (Phi) is 8.13. The molecule has 0 unspecified atom stereocenters. The van der Waals surface area contributed by atoms with Crippen LogP contribution in [0.5, 0.6) is 0 Å². The summed E-state index contributed by atoms with van der Waals surface area (Å²) in [5.74, 6) is -1.79. The highest BCUT2D eigenvalue weighted by Gasteiger charge is 2.24. The van der Waals surface area contributed by atoms with Gasteiger partial charge in [-0.25, -0.2) is 0 Å². The number of carbonyl (C=O) groups is 3. The number of nitriles is 1. The number of rotatable bonds is 9. The molecule has 0 aromatic heterocycles. The lowest BCUT2D eigenvalue weighted by molar-refractivity contribution is -0.130. The molecule has 0 heterocycles. The van der Waals surface area contributed by atoms with E-state index in [9.17, 15) is 14.4 Å². The molecule has 1 rings (SSSR count). The highest BCUT2D eigenvalue weighted by molar-refractivity contribution is 5.88. The fourth-order valence-electron chi connectivity index (χ4n) is 2.37. The van der Waals surface area contributed by atoms with E-state index in [1.807, 2.05) is 43.3 Å². The van der Waals surface area contributed by atoms with Gasteiger partial charge in [-0.05, 0) is 18.4 Å². The third-order valence-electron chi connectivity index (χ3n) is 3.86. The van der Waals surface area contributed by atoms with Gasteiger partial charge >= 0.3 is 0 Å². The fourth-order valence-corrected chi connectivity index (χ4v) is 2.37. The largest absolute Gasteiger partial charge is 0.368 e. The number of amides is 3. The quantitative estimate of drug-likeness (QED) is 0.621. The molecule has 4 N–H and O–H groups in total. The Balaban J connectivity index is 2.45. The Bertz CT molecular complexity index is 639. The summed E-state index contributed by atoms with van der Waals surface area (Å²) >= 11 is 0. The molecule has 0 radical (unpaired) electrons. The molecule has 7 heteroatoms. The third-order valence-corrected chi connectivity index (χ3v) is 3.86. The number of hydrogen-bond donors (Lipinski definition) is 3. The maximum Gasteiger partial charge on any atom is 0.240 e. The number of nitrogens with two attached hydrogens (primary N) is 1. The van der Waals surface area contributed by atoms with Crippen molar-refractivity contribution in [3.05, 3.63) is 35.9 Å². The van der Waals surface area contributed by atoms with Crippen molar-refractivity contribution in [2.75, 3.05) is 0 Å². The van der Waals surface area contributed by atoms with Gasteiger partial charge in [-0.15, -0.1) is 0 Å². The lowest BCUT2D eigenvalue weighted by Gasteiger charge is -2.20. The van der Waals surface area contributed by atoms with Crippen molar-refractivity contribution in [1.29, 1.82) is 5.26 Å². The molecule has 3 amide bonds. The van der Waals surface area contributed by atoms with E-state index < -0.39 is 23.8 Å². The molecule has 0 aliphatic rings. The summed E-state index contributed by atoms with van der Waals surface area (Å²) in [7, 11) is 0. The molecule has 134 valence electrons. The Morgan fingerprint density at radius 3 is 2.16 bits per heavy atom. The zero-order chi connectivity index (χ0) is 18.8. The molecule has 0 fully saturated rings. The Labute approximate surface area is 147 Å². The summed E-state index contributed by atoms with van der Waals surface area (Å²) in [5, 5.41) is 14.0. The zero-order valence-corrected chi connectivity index (χ0v) is 14.5. The zero-order valence-electron chi connectivity index (χ0n) is 14.5. The van der Waals surface area contributed by atoms with Crippen LogP contribution in [0.2, 0.25) is 0 Å². The second-order valence-corrected chi connectivity index (χ2v) is 5.99. The van der Waals surface area contributed by atoms with Crippen LogP contribution < -0.4 is 16.4 Å². The minimum Gasteiger partial charge on any atom is -0.368 e. The van der Waals surface area contributed by atoms with Crippen LogP contribution in [0.25, 0.3) is 0 Å². The van der Waals surface area contributed by atoms with Crippen LogP contribution in [0.15, 0.2) is 30.3 Å². The molecule has 0 saturated carbocycles. The van der Waals surface area contributed by atoms with Gasteiger partial charge in [-0.1, -0.05) is 37.3 Å². The first-order valence-corrected chi connectivity index (χ1v) is 8.15. The number of carbonyl (C=O) groups excluding carboxylic acids is 3. The fraction of sp³-hybridized carbons (Fsp3) is 0.444. The predicted octanol–water partition coefficient (Wildman–Crippen LogP) is 1.16. The van der Waals surface area contributed by atoms with Gasteiger partial charge < -0.3 is 16.4 Å². The van der Waals surface area contributed by atoms with Gasteiger partial charge in [-0.2, -0.15) is 5.26 Å². The van der Waals surface area contributed by atoms with Crippen LogP contribution in [-0.4, -0.2) is 23.8 Å². The number of benzene rings is 1. The molecule has 3 atom stereocenters. The highest BCUT2D eigenvalue weighted by atomic mass is 16.2. The Morgan fingerprint density at radius 1 is 1.08 bits per heavy atom. The molecule has 1 aromatic rings. The van der Waals surface area contributed by atoms with Crippen molar-refractivity contribution in [2.45, 2.75) is 45.2 Å². The molecule has 0 bridgehead atoms. The van der Waals surface area contributed by atoms with Gasteiger partial charge in [0.1, 0.15) is 6.04 Å². The van der Waals surface area contributed by atoms with E-state index in [0.29, 0.717) is 0 Å². The van der Waals surface area contributed by atoms with Crippen molar-refractivity contribution in [1.82, 2.24) is 10.6 Å². The molecule has 0 aliphatic carbocycles. The maximum atomic E-state index is 12.0. The van der Waals surface area contributed by atoms with Gasteiger partial charge in [0.25, 0.3) is 0 Å². The van der Waals surface area contributed by atoms with E-state index in [1.165, 1.54) is 0 Å². The third kappa shape index (κ3) is 7.04. The lowest BCUT2D eigenvalue weighted by Crippen LogP contribution is -2.48. The highest BCUT2D eigenvalue weighted by Crippen LogP contribution is 2.11. The van der Waals surface area contributed by atoms with Crippen molar-refractivity contribution < 1.29 is 14.4 Å².